The molecule has 1 saturated heterocycles. The van der Waals surface area contributed by atoms with Gasteiger partial charge in [0.25, 0.3) is 11.6 Å². The highest BCUT2D eigenvalue weighted by molar-refractivity contribution is 6.30. The van der Waals surface area contributed by atoms with Gasteiger partial charge < -0.3 is 13.8 Å². The molecule has 2 aromatic heterocycles. The fourth-order valence-corrected chi connectivity index (χ4v) is 4.25. The van der Waals surface area contributed by atoms with Gasteiger partial charge in [0.2, 0.25) is 5.89 Å². The number of hydrogen-bond donors (Lipinski definition) is 0. The second-order valence-corrected chi connectivity index (χ2v) is 8.42. The average Bonchev–Trinajstić information content (AvgIpc) is 3.46. The van der Waals surface area contributed by atoms with Crippen molar-refractivity contribution in [2.45, 2.75) is 13.5 Å². The molecule has 1 aliphatic rings. The summed E-state index contributed by atoms with van der Waals surface area (Å²) in [6.07, 6.45) is 0. The molecule has 0 saturated carbocycles. The molecule has 11 heteroatoms. The summed E-state index contributed by atoms with van der Waals surface area (Å²) < 4.78 is 11.4. The van der Waals surface area contributed by atoms with Crippen LogP contribution in [0.5, 0.6) is 0 Å². The van der Waals surface area contributed by atoms with E-state index in [1.807, 2.05) is 42.2 Å². The van der Waals surface area contributed by atoms with Gasteiger partial charge in [0, 0.05) is 42.8 Å². The summed E-state index contributed by atoms with van der Waals surface area (Å²) >= 11 is 5.94. The minimum Gasteiger partial charge on any atom is -0.419 e. The molecule has 4 aromatic rings. The zero-order valence-corrected chi connectivity index (χ0v) is 19.1. The summed E-state index contributed by atoms with van der Waals surface area (Å²) in [5, 5.41) is 24.4. The van der Waals surface area contributed by atoms with Crippen LogP contribution in [0.1, 0.15) is 11.7 Å². The predicted molar refractivity (Wildman–Crippen MR) is 126 cm³/mol. The lowest BCUT2D eigenvalue weighted by Crippen LogP contribution is -2.46. The fourth-order valence-electron chi connectivity index (χ4n) is 4.08. The van der Waals surface area contributed by atoms with Crippen molar-refractivity contribution in [3.8, 4) is 22.7 Å². The number of aryl methyl sites for hydroxylation is 1. The Labute approximate surface area is 199 Å². The Kier molecular flexibility index (Phi) is 5.99. The zero-order valence-electron chi connectivity index (χ0n) is 18.3. The second kappa shape index (κ2) is 9.24. The standard InChI is InChI=1S/C23H21ClN6O4/c1-15-21(22(27-34-15)16-5-3-2-4-6-16)23-26-25-20(33-23)14-28-9-11-29(12-10-28)18-8-7-17(24)13-19(18)30(31)32/h2-8,13H,9-12,14H2,1H3. The molecule has 0 bridgehead atoms. The van der Waals surface area contributed by atoms with E-state index in [0.717, 1.165) is 5.56 Å². The molecule has 0 aliphatic carbocycles. The van der Waals surface area contributed by atoms with E-state index in [2.05, 4.69) is 20.3 Å². The first kappa shape index (κ1) is 22.1. The Morgan fingerprint density at radius 1 is 1.09 bits per heavy atom. The fraction of sp³-hybridized carbons (Fsp3) is 0.261. The van der Waals surface area contributed by atoms with Gasteiger partial charge in [-0.3, -0.25) is 15.0 Å². The monoisotopic (exact) mass is 480 g/mol. The summed E-state index contributed by atoms with van der Waals surface area (Å²) in [5.74, 6) is 1.45. The number of hydrogen-bond acceptors (Lipinski definition) is 9. The number of anilines is 1. The summed E-state index contributed by atoms with van der Waals surface area (Å²) in [6.45, 7) is 4.94. The molecule has 174 valence electrons. The summed E-state index contributed by atoms with van der Waals surface area (Å²) in [4.78, 5) is 15.2. The zero-order chi connectivity index (χ0) is 23.7. The highest BCUT2D eigenvalue weighted by atomic mass is 35.5. The van der Waals surface area contributed by atoms with E-state index >= 15 is 0 Å². The normalized spacial score (nSPS) is 14.5. The van der Waals surface area contributed by atoms with Gasteiger partial charge in [-0.25, -0.2) is 0 Å². The molecular formula is C23H21ClN6O4. The summed E-state index contributed by atoms with van der Waals surface area (Å²) in [7, 11) is 0. The maximum atomic E-state index is 11.4. The first-order valence-corrected chi connectivity index (χ1v) is 11.1. The van der Waals surface area contributed by atoms with Crippen LogP contribution >= 0.6 is 11.6 Å². The van der Waals surface area contributed by atoms with Gasteiger partial charge in [-0.15, -0.1) is 10.2 Å². The van der Waals surface area contributed by atoms with Gasteiger partial charge in [0.15, 0.2) is 0 Å². The van der Waals surface area contributed by atoms with Crippen molar-refractivity contribution in [1.29, 1.82) is 0 Å². The molecule has 1 fully saturated rings. The molecule has 0 radical (unpaired) electrons. The van der Waals surface area contributed by atoms with Crippen LogP contribution in [0.2, 0.25) is 5.02 Å². The molecule has 34 heavy (non-hydrogen) atoms. The number of benzene rings is 2. The Balaban J connectivity index is 1.27. The lowest BCUT2D eigenvalue weighted by atomic mass is 10.1. The molecular weight excluding hydrogens is 460 g/mol. The number of nitrogens with zero attached hydrogens (tertiary/aromatic N) is 6. The van der Waals surface area contributed by atoms with E-state index in [1.165, 1.54) is 6.07 Å². The van der Waals surface area contributed by atoms with Crippen LogP contribution in [0.4, 0.5) is 11.4 Å². The molecule has 0 atom stereocenters. The summed E-state index contributed by atoms with van der Waals surface area (Å²) in [6, 6.07) is 14.5. The number of halogens is 1. The lowest BCUT2D eigenvalue weighted by Gasteiger charge is -2.35. The van der Waals surface area contributed by atoms with Gasteiger partial charge >= 0.3 is 0 Å². The molecule has 1 aliphatic heterocycles. The van der Waals surface area contributed by atoms with Gasteiger partial charge in [-0.2, -0.15) is 0 Å². The van der Waals surface area contributed by atoms with E-state index in [4.69, 9.17) is 20.5 Å². The SMILES string of the molecule is Cc1onc(-c2ccccc2)c1-c1nnc(CN2CCN(c3ccc(Cl)cc3[N+](=O)[O-])CC2)o1. The van der Waals surface area contributed by atoms with Crippen LogP contribution in [0.15, 0.2) is 57.5 Å². The number of aromatic nitrogens is 3. The van der Waals surface area contributed by atoms with Crippen LogP contribution < -0.4 is 4.90 Å². The lowest BCUT2D eigenvalue weighted by molar-refractivity contribution is -0.384. The van der Waals surface area contributed by atoms with Crippen molar-refractivity contribution in [3.63, 3.8) is 0 Å². The molecule has 10 nitrogen and oxygen atoms in total. The highest BCUT2D eigenvalue weighted by Crippen LogP contribution is 2.34. The Morgan fingerprint density at radius 2 is 1.85 bits per heavy atom. The van der Waals surface area contributed by atoms with Crippen LogP contribution in [-0.2, 0) is 6.54 Å². The number of nitro groups is 1. The van der Waals surface area contributed by atoms with E-state index in [1.54, 1.807) is 12.1 Å². The van der Waals surface area contributed by atoms with Crippen LogP contribution in [-0.4, -0.2) is 51.4 Å². The molecule has 0 amide bonds. The minimum atomic E-state index is -0.399. The smallest absolute Gasteiger partial charge is 0.294 e. The van der Waals surface area contributed by atoms with E-state index in [0.29, 0.717) is 72.2 Å². The Morgan fingerprint density at radius 3 is 2.59 bits per heavy atom. The van der Waals surface area contributed by atoms with E-state index in [-0.39, 0.29) is 5.69 Å². The quantitative estimate of drug-likeness (QED) is 0.288. The maximum absolute atomic E-state index is 11.4. The van der Waals surface area contributed by atoms with Crippen LogP contribution in [0.25, 0.3) is 22.7 Å². The number of piperazine rings is 1. The first-order valence-electron chi connectivity index (χ1n) is 10.8. The molecule has 0 unspecified atom stereocenters. The largest absolute Gasteiger partial charge is 0.419 e. The van der Waals surface area contributed by atoms with Crippen molar-refractivity contribution in [3.05, 3.63) is 75.3 Å². The van der Waals surface area contributed by atoms with E-state index in [9.17, 15) is 10.1 Å². The molecule has 5 rings (SSSR count). The second-order valence-electron chi connectivity index (χ2n) is 7.98. The molecule has 0 spiro atoms. The van der Waals surface area contributed by atoms with Crippen molar-refractivity contribution in [1.82, 2.24) is 20.3 Å². The minimum absolute atomic E-state index is 0.0146. The summed E-state index contributed by atoms with van der Waals surface area (Å²) in [5.41, 5.74) is 2.84. The Bertz CT molecular complexity index is 1310. The van der Waals surface area contributed by atoms with Crippen molar-refractivity contribution in [2.24, 2.45) is 0 Å². The maximum Gasteiger partial charge on any atom is 0.294 e. The molecule has 0 N–H and O–H groups in total. The molecule has 3 heterocycles. The highest BCUT2D eigenvalue weighted by Gasteiger charge is 2.26. The van der Waals surface area contributed by atoms with Crippen molar-refractivity contribution < 1.29 is 13.9 Å². The topological polar surface area (TPSA) is 115 Å². The van der Waals surface area contributed by atoms with Crippen LogP contribution in [0.3, 0.4) is 0 Å². The van der Waals surface area contributed by atoms with Crippen molar-refractivity contribution >= 4 is 23.0 Å². The van der Waals surface area contributed by atoms with Gasteiger partial charge in [0.1, 0.15) is 22.7 Å². The third-order valence-corrected chi connectivity index (χ3v) is 6.03. The van der Waals surface area contributed by atoms with Crippen LogP contribution in [0, 0.1) is 17.0 Å². The predicted octanol–water partition coefficient (Wildman–Crippen LogP) is 4.58. The number of nitro benzene ring substituents is 1. The third kappa shape index (κ3) is 4.37. The van der Waals surface area contributed by atoms with Gasteiger partial charge in [-0.05, 0) is 19.1 Å². The van der Waals surface area contributed by atoms with E-state index < -0.39 is 4.92 Å². The molecule has 2 aromatic carbocycles. The van der Waals surface area contributed by atoms with Gasteiger partial charge in [-0.1, -0.05) is 47.1 Å². The third-order valence-electron chi connectivity index (χ3n) is 5.80. The number of rotatable bonds is 6. The average molecular weight is 481 g/mol. The first-order chi connectivity index (χ1) is 16.5. The van der Waals surface area contributed by atoms with Crippen molar-refractivity contribution in [2.75, 3.05) is 31.1 Å². The Hall–Kier alpha value is -3.76. The van der Waals surface area contributed by atoms with Gasteiger partial charge in [0.05, 0.1) is 11.5 Å².